The molecule has 23 heavy (non-hydrogen) atoms. The first-order valence-electron chi connectivity index (χ1n) is 7.43. The lowest BCUT2D eigenvalue weighted by Crippen LogP contribution is -2.34. The van der Waals surface area contributed by atoms with Crippen LogP contribution in [0.5, 0.6) is 0 Å². The van der Waals surface area contributed by atoms with Gasteiger partial charge in [0.25, 0.3) is 0 Å². The minimum absolute atomic E-state index is 0.0900. The first kappa shape index (κ1) is 17.2. The molecule has 0 atom stereocenters. The second-order valence-corrected chi connectivity index (χ2v) is 6.81. The molecule has 2 aromatic carbocycles. The molecule has 0 aromatic heterocycles. The molecule has 0 saturated heterocycles. The topological polar surface area (TPSA) is 75.3 Å². The van der Waals surface area contributed by atoms with Crippen molar-refractivity contribution in [3.63, 3.8) is 0 Å². The third-order valence-electron chi connectivity index (χ3n) is 3.28. The Labute approximate surface area is 136 Å². The van der Waals surface area contributed by atoms with Gasteiger partial charge in [-0.25, -0.2) is 13.1 Å². The zero-order valence-electron chi connectivity index (χ0n) is 12.7. The molecule has 0 aliphatic carbocycles. The summed E-state index contributed by atoms with van der Waals surface area (Å²) in [6, 6.07) is 17.9. The molecule has 0 unspecified atom stereocenters. The summed E-state index contributed by atoms with van der Waals surface area (Å²) in [6.45, 7) is 0.425. The van der Waals surface area contributed by atoms with Crippen LogP contribution in [-0.4, -0.2) is 27.4 Å². The van der Waals surface area contributed by atoms with Gasteiger partial charge in [-0.1, -0.05) is 48.5 Å². The van der Waals surface area contributed by atoms with Crippen LogP contribution in [0.4, 0.5) is 0 Å². The number of carbonyl (C=O) groups excluding carboxylic acids is 1. The molecule has 0 spiro atoms. The van der Waals surface area contributed by atoms with Gasteiger partial charge in [-0.15, -0.1) is 0 Å². The van der Waals surface area contributed by atoms with Crippen LogP contribution in [-0.2, 0) is 21.2 Å². The van der Waals surface area contributed by atoms with Gasteiger partial charge >= 0.3 is 0 Å². The van der Waals surface area contributed by atoms with Crippen LogP contribution in [0, 0.1) is 0 Å². The Balaban J connectivity index is 1.68. The third-order valence-corrected chi connectivity index (χ3v) is 4.75. The number of nitrogens with one attached hydrogen (secondary N) is 2. The minimum Gasteiger partial charge on any atom is -0.355 e. The van der Waals surface area contributed by atoms with Crippen LogP contribution in [0.1, 0.15) is 12.0 Å². The predicted octanol–water partition coefficient (Wildman–Crippen LogP) is 1.71. The molecule has 0 bridgehead atoms. The van der Waals surface area contributed by atoms with Crippen molar-refractivity contribution in [3.05, 3.63) is 66.2 Å². The van der Waals surface area contributed by atoms with Gasteiger partial charge in [-0.05, 0) is 24.1 Å². The summed E-state index contributed by atoms with van der Waals surface area (Å²) in [5.41, 5.74) is 1.10. The molecule has 5 nitrogen and oxygen atoms in total. The number of sulfonamides is 1. The number of carbonyl (C=O) groups is 1. The van der Waals surface area contributed by atoms with E-state index in [-0.39, 0.29) is 23.9 Å². The molecule has 2 rings (SSSR count). The Hall–Kier alpha value is -2.18. The average molecular weight is 332 g/mol. The Kier molecular flexibility index (Phi) is 6.31. The maximum Gasteiger partial charge on any atom is 0.240 e. The maximum absolute atomic E-state index is 12.0. The number of benzene rings is 2. The Morgan fingerprint density at radius 2 is 1.48 bits per heavy atom. The molecule has 2 aromatic rings. The largest absolute Gasteiger partial charge is 0.355 e. The van der Waals surface area contributed by atoms with E-state index in [0.717, 1.165) is 5.56 Å². The van der Waals surface area contributed by atoms with Crippen molar-refractivity contribution in [2.75, 3.05) is 13.1 Å². The standard InChI is InChI=1S/C17H20N2O3S/c20-17(12-11-15-7-3-1-4-8-15)18-13-14-19-23(21,22)16-9-5-2-6-10-16/h1-10,19H,11-14H2,(H,18,20). The molecule has 0 fully saturated rings. The van der Waals surface area contributed by atoms with Crippen molar-refractivity contribution in [1.82, 2.24) is 10.0 Å². The van der Waals surface area contributed by atoms with Crippen molar-refractivity contribution in [2.45, 2.75) is 17.7 Å². The maximum atomic E-state index is 12.0. The zero-order chi connectivity index (χ0) is 16.5. The SMILES string of the molecule is O=C(CCc1ccccc1)NCCNS(=O)(=O)c1ccccc1. The number of hydrogen-bond donors (Lipinski definition) is 2. The fourth-order valence-electron chi connectivity index (χ4n) is 2.06. The van der Waals surface area contributed by atoms with Crippen LogP contribution >= 0.6 is 0 Å². The highest BCUT2D eigenvalue weighted by Gasteiger charge is 2.12. The molecule has 0 radical (unpaired) electrons. The second kappa shape index (κ2) is 8.45. The first-order chi connectivity index (χ1) is 11.1. The molecule has 0 aliphatic rings. The van der Waals surface area contributed by atoms with Crippen molar-refractivity contribution in [1.29, 1.82) is 0 Å². The van der Waals surface area contributed by atoms with E-state index in [4.69, 9.17) is 0 Å². The van der Waals surface area contributed by atoms with Crippen LogP contribution in [0.15, 0.2) is 65.6 Å². The van der Waals surface area contributed by atoms with Crippen LogP contribution in [0.2, 0.25) is 0 Å². The molecular formula is C17H20N2O3S. The molecular weight excluding hydrogens is 312 g/mol. The van der Waals surface area contributed by atoms with Crippen molar-refractivity contribution in [2.24, 2.45) is 0 Å². The molecule has 1 amide bonds. The number of rotatable bonds is 8. The lowest BCUT2D eigenvalue weighted by atomic mass is 10.1. The number of hydrogen-bond acceptors (Lipinski definition) is 3. The van der Waals surface area contributed by atoms with Gasteiger partial charge in [-0.3, -0.25) is 4.79 Å². The van der Waals surface area contributed by atoms with E-state index in [1.807, 2.05) is 30.3 Å². The lowest BCUT2D eigenvalue weighted by molar-refractivity contribution is -0.121. The summed E-state index contributed by atoms with van der Waals surface area (Å²) < 4.78 is 26.4. The first-order valence-corrected chi connectivity index (χ1v) is 8.91. The van der Waals surface area contributed by atoms with E-state index >= 15 is 0 Å². The molecule has 6 heteroatoms. The van der Waals surface area contributed by atoms with E-state index < -0.39 is 10.0 Å². The van der Waals surface area contributed by atoms with Gasteiger partial charge in [-0.2, -0.15) is 0 Å². The van der Waals surface area contributed by atoms with Crippen LogP contribution < -0.4 is 10.0 Å². The van der Waals surface area contributed by atoms with Crippen molar-refractivity contribution >= 4 is 15.9 Å². The van der Waals surface area contributed by atoms with Gasteiger partial charge in [0.15, 0.2) is 0 Å². The fourth-order valence-corrected chi connectivity index (χ4v) is 3.11. The average Bonchev–Trinajstić information content (AvgIpc) is 2.59. The monoisotopic (exact) mass is 332 g/mol. The summed E-state index contributed by atoms with van der Waals surface area (Å²) in [5.74, 6) is -0.0900. The normalized spacial score (nSPS) is 11.1. The molecule has 0 saturated carbocycles. The van der Waals surface area contributed by atoms with Gasteiger partial charge in [0, 0.05) is 19.5 Å². The minimum atomic E-state index is -3.51. The van der Waals surface area contributed by atoms with E-state index in [9.17, 15) is 13.2 Å². The van der Waals surface area contributed by atoms with Gasteiger partial charge in [0.05, 0.1) is 4.90 Å². The molecule has 2 N–H and O–H groups in total. The van der Waals surface area contributed by atoms with E-state index in [1.54, 1.807) is 18.2 Å². The van der Waals surface area contributed by atoms with Crippen molar-refractivity contribution in [3.8, 4) is 0 Å². The highest BCUT2D eigenvalue weighted by atomic mass is 32.2. The number of aryl methyl sites for hydroxylation is 1. The van der Waals surface area contributed by atoms with Gasteiger partial charge in [0.2, 0.25) is 15.9 Å². The zero-order valence-corrected chi connectivity index (χ0v) is 13.6. The Bertz CT molecular complexity index is 716. The summed E-state index contributed by atoms with van der Waals surface area (Å²) in [6.07, 6.45) is 1.05. The predicted molar refractivity (Wildman–Crippen MR) is 89.4 cm³/mol. The van der Waals surface area contributed by atoms with Gasteiger partial charge < -0.3 is 5.32 Å². The van der Waals surface area contributed by atoms with E-state index in [0.29, 0.717) is 12.8 Å². The highest BCUT2D eigenvalue weighted by molar-refractivity contribution is 7.89. The molecule has 0 aliphatic heterocycles. The Morgan fingerprint density at radius 1 is 0.870 bits per heavy atom. The van der Waals surface area contributed by atoms with Gasteiger partial charge in [0.1, 0.15) is 0 Å². The molecule has 122 valence electrons. The van der Waals surface area contributed by atoms with Crippen molar-refractivity contribution < 1.29 is 13.2 Å². The fraction of sp³-hybridized carbons (Fsp3) is 0.235. The quantitative estimate of drug-likeness (QED) is 0.723. The number of amides is 1. The molecule has 0 heterocycles. The third kappa shape index (κ3) is 5.84. The van der Waals surface area contributed by atoms with E-state index in [1.165, 1.54) is 12.1 Å². The van der Waals surface area contributed by atoms with Crippen LogP contribution in [0.25, 0.3) is 0 Å². The van der Waals surface area contributed by atoms with E-state index in [2.05, 4.69) is 10.0 Å². The summed E-state index contributed by atoms with van der Waals surface area (Å²) in [7, 11) is -3.51. The van der Waals surface area contributed by atoms with Crippen LogP contribution in [0.3, 0.4) is 0 Å². The second-order valence-electron chi connectivity index (χ2n) is 5.05. The summed E-state index contributed by atoms with van der Waals surface area (Å²) in [4.78, 5) is 11.9. The Morgan fingerprint density at radius 3 is 2.13 bits per heavy atom. The summed E-state index contributed by atoms with van der Waals surface area (Å²) in [5, 5.41) is 2.71. The highest BCUT2D eigenvalue weighted by Crippen LogP contribution is 2.06. The lowest BCUT2D eigenvalue weighted by Gasteiger charge is -2.08. The summed E-state index contributed by atoms with van der Waals surface area (Å²) >= 11 is 0. The smallest absolute Gasteiger partial charge is 0.240 e.